The third-order valence-electron chi connectivity index (χ3n) is 4.24. The summed E-state index contributed by atoms with van der Waals surface area (Å²) < 4.78 is 2.12. The van der Waals surface area contributed by atoms with Gasteiger partial charge in [0, 0.05) is 37.1 Å². The summed E-state index contributed by atoms with van der Waals surface area (Å²) >= 11 is 5.28. The Balaban J connectivity index is 1.43. The van der Waals surface area contributed by atoms with E-state index in [0.717, 1.165) is 47.6 Å². The van der Waals surface area contributed by atoms with Crippen molar-refractivity contribution >= 4 is 49.3 Å². The SMILES string of the molecule is O=C1NCCN1CCCNc1ncc(Br)c(-c2cc3ccccc3s2)n1. The smallest absolute Gasteiger partial charge is 0.317 e. The number of hydrogen-bond donors (Lipinski definition) is 2. The maximum Gasteiger partial charge on any atom is 0.317 e. The second kappa shape index (κ2) is 7.59. The van der Waals surface area contributed by atoms with Crippen molar-refractivity contribution in [3.63, 3.8) is 0 Å². The largest absolute Gasteiger partial charge is 0.354 e. The molecule has 1 aromatic carbocycles. The number of nitrogens with zero attached hydrogens (tertiary/aromatic N) is 3. The average molecular weight is 432 g/mol. The predicted octanol–water partition coefficient (Wildman–Crippen LogP) is 3.95. The minimum atomic E-state index is 0.0249. The molecule has 8 heteroatoms. The Kier molecular flexibility index (Phi) is 5.03. The van der Waals surface area contributed by atoms with Gasteiger partial charge in [-0.2, -0.15) is 0 Å². The number of rotatable bonds is 6. The van der Waals surface area contributed by atoms with Crippen LogP contribution in [-0.2, 0) is 0 Å². The molecule has 0 aliphatic carbocycles. The van der Waals surface area contributed by atoms with Crippen molar-refractivity contribution < 1.29 is 4.79 Å². The van der Waals surface area contributed by atoms with Gasteiger partial charge >= 0.3 is 6.03 Å². The number of anilines is 1. The van der Waals surface area contributed by atoms with E-state index < -0.39 is 0 Å². The molecule has 0 saturated carbocycles. The first-order chi connectivity index (χ1) is 12.7. The van der Waals surface area contributed by atoms with Crippen LogP contribution < -0.4 is 10.6 Å². The van der Waals surface area contributed by atoms with Crippen molar-refractivity contribution in [3.8, 4) is 10.6 Å². The quantitative estimate of drug-likeness (QED) is 0.579. The molecule has 1 aliphatic rings. The lowest BCUT2D eigenvalue weighted by molar-refractivity contribution is 0.217. The van der Waals surface area contributed by atoms with Crippen molar-refractivity contribution in [1.82, 2.24) is 20.2 Å². The molecule has 1 fully saturated rings. The average Bonchev–Trinajstić information content (AvgIpc) is 3.26. The Morgan fingerprint density at radius 2 is 2.23 bits per heavy atom. The zero-order valence-electron chi connectivity index (χ0n) is 14.0. The highest BCUT2D eigenvalue weighted by Gasteiger charge is 2.18. The maximum atomic E-state index is 11.5. The van der Waals surface area contributed by atoms with Crippen LogP contribution >= 0.6 is 27.3 Å². The summed E-state index contributed by atoms with van der Waals surface area (Å²) in [6.07, 6.45) is 2.63. The first-order valence-corrected chi connectivity index (χ1v) is 10.1. The van der Waals surface area contributed by atoms with E-state index in [0.29, 0.717) is 5.95 Å². The van der Waals surface area contributed by atoms with E-state index in [-0.39, 0.29) is 6.03 Å². The fourth-order valence-corrected chi connectivity index (χ4v) is 4.52. The molecular weight excluding hydrogens is 414 g/mol. The minimum Gasteiger partial charge on any atom is -0.354 e. The molecule has 134 valence electrons. The number of carbonyl (C=O) groups excluding carboxylic acids is 1. The van der Waals surface area contributed by atoms with Crippen LogP contribution in [0.2, 0.25) is 0 Å². The van der Waals surface area contributed by atoms with Gasteiger partial charge in [-0.15, -0.1) is 11.3 Å². The fourth-order valence-electron chi connectivity index (χ4n) is 2.92. The summed E-state index contributed by atoms with van der Waals surface area (Å²) in [5.41, 5.74) is 0.891. The summed E-state index contributed by atoms with van der Waals surface area (Å²) in [7, 11) is 0. The number of aromatic nitrogens is 2. The van der Waals surface area contributed by atoms with Gasteiger partial charge in [-0.3, -0.25) is 0 Å². The summed E-state index contributed by atoms with van der Waals surface area (Å²) in [6, 6.07) is 10.5. The van der Waals surface area contributed by atoms with E-state index in [4.69, 9.17) is 0 Å². The number of thiophene rings is 1. The van der Waals surface area contributed by atoms with Crippen molar-refractivity contribution in [2.24, 2.45) is 0 Å². The maximum absolute atomic E-state index is 11.5. The molecule has 4 rings (SSSR count). The number of fused-ring (bicyclic) bond motifs is 1. The molecule has 1 saturated heterocycles. The van der Waals surface area contributed by atoms with Crippen LogP contribution in [0, 0.1) is 0 Å². The number of halogens is 1. The third kappa shape index (κ3) is 3.66. The highest BCUT2D eigenvalue weighted by molar-refractivity contribution is 9.10. The number of nitrogens with one attached hydrogen (secondary N) is 2. The monoisotopic (exact) mass is 431 g/mol. The molecule has 26 heavy (non-hydrogen) atoms. The lowest BCUT2D eigenvalue weighted by atomic mass is 10.2. The van der Waals surface area contributed by atoms with Crippen LogP contribution in [0.3, 0.4) is 0 Å². The van der Waals surface area contributed by atoms with Gasteiger partial charge < -0.3 is 15.5 Å². The highest BCUT2D eigenvalue weighted by atomic mass is 79.9. The second-order valence-corrected chi connectivity index (χ2v) is 7.98. The van der Waals surface area contributed by atoms with E-state index >= 15 is 0 Å². The Hall–Kier alpha value is -2.19. The van der Waals surface area contributed by atoms with E-state index in [2.05, 4.69) is 54.7 Å². The molecule has 3 aromatic rings. The lowest BCUT2D eigenvalue weighted by Crippen LogP contribution is -2.30. The standard InChI is InChI=1S/C18H18BrN5OS/c19-13-11-22-17(20-6-3-8-24-9-7-21-18(24)25)23-16(13)15-10-12-4-1-2-5-14(12)26-15/h1-2,4-5,10-11H,3,6-9H2,(H,21,25)(H,20,22,23). The Morgan fingerprint density at radius 3 is 3.04 bits per heavy atom. The van der Waals surface area contributed by atoms with E-state index in [9.17, 15) is 4.79 Å². The number of amides is 2. The van der Waals surface area contributed by atoms with Gasteiger partial charge in [-0.25, -0.2) is 14.8 Å². The van der Waals surface area contributed by atoms with Crippen molar-refractivity contribution in [1.29, 1.82) is 0 Å². The molecule has 6 nitrogen and oxygen atoms in total. The van der Waals surface area contributed by atoms with Gasteiger partial charge in [-0.05, 0) is 39.9 Å². The van der Waals surface area contributed by atoms with Crippen molar-refractivity contribution in [3.05, 3.63) is 41.0 Å². The van der Waals surface area contributed by atoms with Gasteiger partial charge in [0.05, 0.1) is 9.35 Å². The predicted molar refractivity (Wildman–Crippen MR) is 109 cm³/mol. The van der Waals surface area contributed by atoms with Crippen LogP contribution in [-0.4, -0.2) is 47.1 Å². The zero-order chi connectivity index (χ0) is 17.9. The second-order valence-electron chi connectivity index (χ2n) is 6.04. The normalized spacial score (nSPS) is 14.0. The van der Waals surface area contributed by atoms with Gasteiger partial charge in [0.15, 0.2) is 0 Å². The van der Waals surface area contributed by atoms with E-state index in [1.54, 1.807) is 17.5 Å². The Morgan fingerprint density at radius 1 is 1.35 bits per heavy atom. The Bertz CT molecular complexity index is 911. The van der Waals surface area contributed by atoms with E-state index in [1.165, 1.54) is 10.1 Å². The molecule has 0 bridgehead atoms. The number of urea groups is 1. The molecule has 2 aromatic heterocycles. The molecular formula is C18H18BrN5OS. The van der Waals surface area contributed by atoms with Crippen LogP contribution in [0.25, 0.3) is 20.7 Å². The van der Waals surface area contributed by atoms with Crippen LogP contribution in [0.4, 0.5) is 10.7 Å². The molecule has 2 amide bonds. The zero-order valence-corrected chi connectivity index (χ0v) is 16.4. The molecule has 1 aliphatic heterocycles. The van der Waals surface area contributed by atoms with Crippen molar-refractivity contribution in [2.45, 2.75) is 6.42 Å². The van der Waals surface area contributed by atoms with Crippen LogP contribution in [0.15, 0.2) is 41.0 Å². The van der Waals surface area contributed by atoms with Crippen LogP contribution in [0.5, 0.6) is 0 Å². The van der Waals surface area contributed by atoms with Crippen molar-refractivity contribution in [2.75, 3.05) is 31.5 Å². The molecule has 3 heterocycles. The summed E-state index contributed by atoms with van der Waals surface area (Å²) in [4.78, 5) is 23.5. The van der Waals surface area contributed by atoms with Gasteiger partial charge in [0.1, 0.15) is 5.69 Å². The van der Waals surface area contributed by atoms with Gasteiger partial charge in [-0.1, -0.05) is 18.2 Å². The summed E-state index contributed by atoms with van der Waals surface area (Å²) in [5.74, 6) is 0.603. The van der Waals surface area contributed by atoms with Crippen LogP contribution in [0.1, 0.15) is 6.42 Å². The number of carbonyl (C=O) groups is 1. The first-order valence-electron chi connectivity index (χ1n) is 8.49. The molecule has 0 radical (unpaired) electrons. The number of hydrogen-bond acceptors (Lipinski definition) is 5. The fraction of sp³-hybridized carbons (Fsp3) is 0.278. The first kappa shape index (κ1) is 17.2. The van der Waals surface area contributed by atoms with Gasteiger partial charge in [0.2, 0.25) is 5.95 Å². The molecule has 0 spiro atoms. The lowest BCUT2D eigenvalue weighted by Gasteiger charge is -2.14. The summed E-state index contributed by atoms with van der Waals surface area (Å²) in [6.45, 7) is 2.97. The topological polar surface area (TPSA) is 70.2 Å². The van der Waals surface area contributed by atoms with E-state index in [1.807, 2.05) is 17.0 Å². The molecule has 0 atom stereocenters. The third-order valence-corrected chi connectivity index (χ3v) is 5.94. The highest BCUT2D eigenvalue weighted by Crippen LogP contribution is 2.36. The minimum absolute atomic E-state index is 0.0249. The molecule has 0 unspecified atom stereocenters. The van der Waals surface area contributed by atoms with Gasteiger partial charge in [0.25, 0.3) is 0 Å². The summed E-state index contributed by atoms with van der Waals surface area (Å²) in [5, 5.41) is 7.29. The number of benzene rings is 1. The molecule has 2 N–H and O–H groups in total. The Labute approximate surface area is 163 Å².